The van der Waals surface area contributed by atoms with Crippen molar-refractivity contribution in [2.45, 2.75) is 12.8 Å². The lowest BCUT2D eigenvalue weighted by atomic mass is 10.0. The van der Waals surface area contributed by atoms with Crippen LogP contribution in [0.3, 0.4) is 0 Å². The van der Waals surface area contributed by atoms with E-state index in [-0.39, 0.29) is 11.5 Å². The second kappa shape index (κ2) is 4.85. The maximum Gasteiger partial charge on any atom is 0.264 e. The lowest BCUT2D eigenvalue weighted by molar-refractivity contribution is 0.794. The molecule has 0 aromatic carbocycles. The molecule has 96 valence electrons. The highest BCUT2D eigenvalue weighted by Crippen LogP contribution is 2.27. The van der Waals surface area contributed by atoms with Gasteiger partial charge in [-0.25, -0.2) is 5.10 Å². The highest BCUT2D eigenvalue weighted by Gasteiger charge is 2.12. The fourth-order valence-electron chi connectivity index (χ4n) is 2.00. The van der Waals surface area contributed by atoms with Crippen LogP contribution in [0.4, 0.5) is 0 Å². The van der Waals surface area contributed by atoms with Crippen molar-refractivity contribution in [2.24, 2.45) is 0 Å². The van der Waals surface area contributed by atoms with E-state index in [1.807, 2.05) is 6.07 Å². The van der Waals surface area contributed by atoms with Gasteiger partial charge in [0.15, 0.2) is 0 Å². The van der Waals surface area contributed by atoms with Gasteiger partial charge in [0, 0.05) is 17.7 Å². The van der Waals surface area contributed by atoms with Gasteiger partial charge in [-0.1, -0.05) is 13.0 Å². The highest BCUT2D eigenvalue weighted by atomic mass is 32.1. The topological polar surface area (TPSA) is 61.5 Å². The molecule has 1 atom stereocenters. The van der Waals surface area contributed by atoms with Crippen molar-refractivity contribution in [1.29, 1.82) is 0 Å². The predicted molar refractivity (Wildman–Crippen MR) is 76.5 cm³/mol. The molecule has 3 rings (SSSR count). The fraction of sp³-hybridized carbons (Fsp3) is 0.143. The molecule has 0 spiro atoms. The summed E-state index contributed by atoms with van der Waals surface area (Å²) in [7, 11) is 0. The third-order valence-electron chi connectivity index (χ3n) is 3.11. The maximum atomic E-state index is 11.0. The van der Waals surface area contributed by atoms with E-state index in [2.05, 4.69) is 45.7 Å². The van der Waals surface area contributed by atoms with Gasteiger partial charge in [-0.2, -0.15) is 5.10 Å². The van der Waals surface area contributed by atoms with E-state index in [0.29, 0.717) is 0 Å². The monoisotopic (exact) mass is 271 g/mol. The first-order valence-corrected chi connectivity index (χ1v) is 6.90. The molecule has 0 radical (unpaired) electrons. The first-order chi connectivity index (χ1) is 9.24. The number of nitrogens with one attached hydrogen (secondary N) is 2. The van der Waals surface area contributed by atoms with Crippen LogP contribution >= 0.6 is 11.3 Å². The SMILES string of the molecule is CC(c1ccc(=O)[nH]n1)c1ccc(-c2cccs2)[nH]1. The number of hydrogen-bond donors (Lipinski definition) is 2. The van der Waals surface area contributed by atoms with Gasteiger partial charge in [-0.3, -0.25) is 4.79 Å². The van der Waals surface area contributed by atoms with Gasteiger partial charge in [0.05, 0.1) is 16.3 Å². The van der Waals surface area contributed by atoms with Crippen LogP contribution in [-0.4, -0.2) is 15.2 Å². The smallest absolute Gasteiger partial charge is 0.264 e. The Hall–Kier alpha value is -2.14. The molecule has 1 unspecified atom stereocenters. The van der Waals surface area contributed by atoms with Gasteiger partial charge in [0.25, 0.3) is 5.56 Å². The molecule has 0 bridgehead atoms. The molecule has 2 N–H and O–H groups in total. The molecule has 3 aromatic heterocycles. The summed E-state index contributed by atoms with van der Waals surface area (Å²) < 4.78 is 0. The molecular weight excluding hydrogens is 258 g/mol. The van der Waals surface area contributed by atoms with Crippen LogP contribution in [0.2, 0.25) is 0 Å². The summed E-state index contributed by atoms with van der Waals surface area (Å²) in [5.41, 5.74) is 2.87. The van der Waals surface area contributed by atoms with Gasteiger partial charge in [-0.05, 0) is 29.6 Å². The van der Waals surface area contributed by atoms with Crippen LogP contribution in [-0.2, 0) is 0 Å². The second-order valence-electron chi connectivity index (χ2n) is 4.37. The summed E-state index contributed by atoms with van der Waals surface area (Å²) in [6.07, 6.45) is 0. The standard InChI is InChI=1S/C14H13N3OS/c1-9(11-6-7-14(18)17-16-11)10-4-5-12(15-10)13-3-2-8-19-13/h2-9,15H,1H3,(H,17,18). The molecule has 5 heteroatoms. The molecule has 0 aliphatic heterocycles. The van der Waals surface area contributed by atoms with Crippen LogP contribution in [0.25, 0.3) is 10.6 Å². The first kappa shape index (κ1) is 11.9. The molecular formula is C14H13N3OS. The van der Waals surface area contributed by atoms with E-state index < -0.39 is 0 Å². The average molecular weight is 271 g/mol. The number of hydrogen-bond acceptors (Lipinski definition) is 3. The normalized spacial score (nSPS) is 12.5. The molecule has 4 nitrogen and oxygen atoms in total. The lowest BCUT2D eigenvalue weighted by Crippen LogP contribution is -2.10. The molecule has 0 aliphatic rings. The van der Waals surface area contributed by atoms with E-state index in [9.17, 15) is 4.79 Å². The number of H-pyrrole nitrogens is 2. The Bertz CT molecular complexity index is 707. The van der Waals surface area contributed by atoms with Crippen LogP contribution in [0.15, 0.2) is 46.6 Å². The Kier molecular flexibility index (Phi) is 3.05. The summed E-state index contributed by atoms with van der Waals surface area (Å²) in [6.45, 7) is 2.06. The van der Waals surface area contributed by atoms with Crippen LogP contribution < -0.4 is 5.56 Å². The number of aromatic amines is 2. The summed E-state index contributed by atoms with van der Waals surface area (Å²) in [4.78, 5) is 15.6. The van der Waals surface area contributed by atoms with Crippen LogP contribution in [0, 0.1) is 0 Å². The van der Waals surface area contributed by atoms with Gasteiger partial charge >= 0.3 is 0 Å². The number of rotatable bonds is 3. The van der Waals surface area contributed by atoms with Gasteiger partial charge in [0.2, 0.25) is 0 Å². The van der Waals surface area contributed by atoms with E-state index >= 15 is 0 Å². The molecule has 0 saturated carbocycles. The Morgan fingerprint density at radius 1 is 1.21 bits per heavy atom. The largest absolute Gasteiger partial charge is 0.357 e. The maximum absolute atomic E-state index is 11.0. The lowest BCUT2D eigenvalue weighted by Gasteiger charge is -2.08. The average Bonchev–Trinajstić information content (AvgIpc) is 3.10. The fourth-order valence-corrected chi connectivity index (χ4v) is 2.70. The minimum Gasteiger partial charge on any atom is -0.357 e. The number of thiophene rings is 1. The third kappa shape index (κ3) is 2.37. The Labute approximate surface area is 114 Å². The number of aromatic nitrogens is 3. The quantitative estimate of drug-likeness (QED) is 0.769. The minimum atomic E-state index is -0.179. The molecule has 0 saturated heterocycles. The van der Waals surface area contributed by atoms with Crippen LogP contribution in [0.5, 0.6) is 0 Å². The van der Waals surface area contributed by atoms with Gasteiger partial charge in [0.1, 0.15) is 0 Å². The van der Waals surface area contributed by atoms with Crippen molar-refractivity contribution >= 4 is 11.3 Å². The van der Waals surface area contributed by atoms with E-state index in [1.165, 1.54) is 10.9 Å². The van der Waals surface area contributed by atoms with Crippen molar-refractivity contribution < 1.29 is 0 Å². The zero-order valence-electron chi connectivity index (χ0n) is 10.4. The molecule has 3 heterocycles. The summed E-state index contributed by atoms with van der Waals surface area (Å²) >= 11 is 1.70. The molecule has 0 fully saturated rings. The van der Waals surface area contributed by atoms with Crippen molar-refractivity contribution in [1.82, 2.24) is 15.2 Å². The van der Waals surface area contributed by atoms with E-state index in [4.69, 9.17) is 0 Å². The Morgan fingerprint density at radius 2 is 2.11 bits per heavy atom. The van der Waals surface area contributed by atoms with E-state index in [1.54, 1.807) is 17.4 Å². The van der Waals surface area contributed by atoms with Crippen molar-refractivity contribution in [3.8, 4) is 10.6 Å². The Balaban J connectivity index is 1.90. The number of nitrogens with zero attached hydrogens (tertiary/aromatic N) is 1. The second-order valence-corrected chi connectivity index (χ2v) is 5.32. The zero-order valence-corrected chi connectivity index (χ0v) is 11.2. The molecule has 3 aromatic rings. The highest BCUT2D eigenvalue weighted by molar-refractivity contribution is 7.13. The summed E-state index contributed by atoms with van der Waals surface area (Å²) in [5.74, 6) is 0.116. The van der Waals surface area contributed by atoms with Gasteiger partial charge < -0.3 is 4.98 Å². The minimum absolute atomic E-state index is 0.116. The molecule has 19 heavy (non-hydrogen) atoms. The predicted octanol–water partition coefficient (Wildman–Crippen LogP) is 2.98. The molecule has 0 amide bonds. The van der Waals surface area contributed by atoms with Crippen molar-refractivity contribution in [3.05, 3.63) is 63.5 Å². The summed E-state index contributed by atoms with van der Waals surface area (Å²) in [5, 5.41) is 8.60. The Morgan fingerprint density at radius 3 is 2.79 bits per heavy atom. The van der Waals surface area contributed by atoms with Gasteiger partial charge in [-0.15, -0.1) is 11.3 Å². The first-order valence-electron chi connectivity index (χ1n) is 6.02. The third-order valence-corrected chi connectivity index (χ3v) is 4.01. The molecule has 0 aliphatic carbocycles. The summed E-state index contributed by atoms with van der Waals surface area (Å²) in [6, 6.07) is 11.5. The van der Waals surface area contributed by atoms with Crippen molar-refractivity contribution in [3.63, 3.8) is 0 Å². The van der Waals surface area contributed by atoms with E-state index in [0.717, 1.165) is 17.1 Å². The van der Waals surface area contributed by atoms with Crippen molar-refractivity contribution in [2.75, 3.05) is 0 Å². The zero-order chi connectivity index (χ0) is 13.2. The van der Waals surface area contributed by atoms with Crippen LogP contribution in [0.1, 0.15) is 24.2 Å².